The highest BCUT2D eigenvalue weighted by Gasteiger charge is 2.30. The van der Waals surface area contributed by atoms with Gasteiger partial charge in [0.15, 0.2) is 0 Å². The third-order valence-corrected chi connectivity index (χ3v) is 2.00. The van der Waals surface area contributed by atoms with E-state index in [1.807, 2.05) is 0 Å². The van der Waals surface area contributed by atoms with Gasteiger partial charge in [-0.3, -0.25) is 0 Å². The van der Waals surface area contributed by atoms with E-state index in [1.165, 1.54) is 0 Å². The normalized spacial score (nSPS) is 28.9. The van der Waals surface area contributed by atoms with Crippen LogP contribution in [0, 0.1) is 5.92 Å². The van der Waals surface area contributed by atoms with E-state index in [1.54, 1.807) is 7.05 Å². The molecular weight excluding hydrogens is 144 g/mol. The molecule has 0 unspecified atom stereocenters. The zero-order valence-corrected chi connectivity index (χ0v) is 6.67. The smallest absolute Gasteiger partial charge is 0.407 e. The van der Waals surface area contributed by atoms with Gasteiger partial charge in [0, 0.05) is 7.05 Å². The molecule has 0 aromatic rings. The van der Waals surface area contributed by atoms with E-state index < -0.39 is 0 Å². The summed E-state index contributed by atoms with van der Waals surface area (Å²) >= 11 is 0. The minimum atomic E-state index is -0.342. The maximum Gasteiger partial charge on any atom is 0.407 e. The van der Waals surface area contributed by atoms with Gasteiger partial charge < -0.3 is 15.8 Å². The van der Waals surface area contributed by atoms with Crippen molar-refractivity contribution in [3.05, 3.63) is 0 Å². The number of nitrogens with two attached hydrogens (primary N) is 1. The maximum absolute atomic E-state index is 10.6. The Labute approximate surface area is 66.1 Å². The molecule has 1 aliphatic rings. The number of rotatable bonds is 2. The van der Waals surface area contributed by atoms with Crippen LogP contribution in [0.3, 0.4) is 0 Å². The molecule has 0 aliphatic heterocycles. The summed E-state index contributed by atoms with van der Waals surface area (Å²) in [7, 11) is 1.56. The molecule has 4 nitrogen and oxygen atoms in total. The molecule has 4 heteroatoms. The zero-order valence-electron chi connectivity index (χ0n) is 6.67. The van der Waals surface area contributed by atoms with Crippen LogP contribution in [0.2, 0.25) is 0 Å². The summed E-state index contributed by atoms with van der Waals surface area (Å²) in [4.78, 5) is 10.6. The predicted octanol–water partition coefficient (Wildman–Crippen LogP) is 0.0797. The number of carbonyl (C=O) groups excluding carboxylic acids is 1. The second-order valence-electron chi connectivity index (χ2n) is 2.85. The predicted molar refractivity (Wildman–Crippen MR) is 41.1 cm³/mol. The summed E-state index contributed by atoms with van der Waals surface area (Å²) in [6.07, 6.45) is 1.60. The van der Waals surface area contributed by atoms with Gasteiger partial charge >= 0.3 is 6.09 Å². The Morgan fingerprint density at radius 2 is 2.36 bits per heavy atom. The standard InChI is InChI=1S/C7H14N2O2/c1-9-7(10)11-6-2-5(3-6)4-8/h5-6H,2-4,8H2,1H3,(H,9,10). The van der Waals surface area contributed by atoms with E-state index in [4.69, 9.17) is 10.5 Å². The third-order valence-electron chi connectivity index (χ3n) is 2.00. The van der Waals surface area contributed by atoms with Crippen LogP contribution >= 0.6 is 0 Å². The van der Waals surface area contributed by atoms with Crippen molar-refractivity contribution >= 4 is 6.09 Å². The SMILES string of the molecule is CNC(=O)OC1CC(CN)C1. The number of hydrogen-bond acceptors (Lipinski definition) is 3. The second kappa shape index (κ2) is 3.57. The summed E-state index contributed by atoms with van der Waals surface area (Å²) < 4.78 is 4.96. The molecule has 3 N–H and O–H groups in total. The Hall–Kier alpha value is -0.770. The van der Waals surface area contributed by atoms with Gasteiger partial charge in [-0.25, -0.2) is 4.79 Å². The van der Waals surface area contributed by atoms with Crippen LogP contribution in [-0.2, 0) is 4.74 Å². The Balaban J connectivity index is 2.08. The van der Waals surface area contributed by atoms with E-state index in [-0.39, 0.29) is 12.2 Å². The largest absolute Gasteiger partial charge is 0.446 e. The van der Waals surface area contributed by atoms with Crippen molar-refractivity contribution in [2.75, 3.05) is 13.6 Å². The van der Waals surface area contributed by atoms with Gasteiger partial charge in [-0.2, -0.15) is 0 Å². The van der Waals surface area contributed by atoms with Crippen molar-refractivity contribution in [3.63, 3.8) is 0 Å². The fourth-order valence-electron chi connectivity index (χ4n) is 1.17. The van der Waals surface area contributed by atoms with Gasteiger partial charge in [-0.1, -0.05) is 0 Å². The molecule has 0 aromatic heterocycles. The van der Waals surface area contributed by atoms with Gasteiger partial charge in [0.25, 0.3) is 0 Å². The van der Waals surface area contributed by atoms with E-state index >= 15 is 0 Å². The van der Waals surface area contributed by atoms with Crippen LogP contribution in [0.25, 0.3) is 0 Å². The van der Waals surface area contributed by atoms with Crippen LogP contribution in [0.5, 0.6) is 0 Å². The Kier molecular flexibility index (Phi) is 2.70. The van der Waals surface area contributed by atoms with Crippen molar-refractivity contribution in [2.45, 2.75) is 18.9 Å². The molecule has 0 aromatic carbocycles. The van der Waals surface area contributed by atoms with Crippen LogP contribution in [-0.4, -0.2) is 25.8 Å². The fraction of sp³-hybridized carbons (Fsp3) is 0.857. The van der Waals surface area contributed by atoms with Crippen LogP contribution in [0.15, 0.2) is 0 Å². The summed E-state index contributed by atoms with van der Waals surface area (Å²) in [6.45, 7) is 0.702. The van der Waals surface area contributed by atoms with Crippen LogP contribution in [0.1, 0.15) is 12.8 Å². The van der Waals surface area contributed by atoms with Gasteiger partial charge in [0.1, 0.15) is 6.10 Å². The van der Waals surface area contributed by atoms with Crippen molar-refractivity contribution in [3.8, 4) is 0 Å². The minimum Gasteiger partial charge on any atom is -0.446 e. The average molecular weight is 158 g/mol. The first-order valence-electron chi connectivity index (χ1n) is 3.84. The van der Waals surface area contributed by atoms with Gasteiger partial charge in [0.05, 0.1) is 0 Å². The molecule has 1 saturated carbocycles. The summed E-state index contributed by atoms with van der Waals surface area (Å²) in [5, 5.41) is 2.40. The van der Waals surface area contributed by atoms with Gasteiger partial charge in [0.2, 0.25) is 0 Å². The first-order valence-corrected chi connectivity index (χ1v) is 3.84. The minimum absolute atomic E-state index is 0.100. The molecule has 64 valence electrons. The molecule has 1 fully saturated rings. The lowest BCUT2D eigenvalue weighted by atomic mass is 9.82. The van der Waals surface area contributed by atoms with Crippen molar-refractivity contribution < 1.29 is 9.53 Å². The average Bonchev–Trinajstić information content (AvgIpc) is 1.95. The summed E-state index contributed by atoms with van der Waals surface area (Å²) in [5.74, 6) is 0.560. The number of amides is 1. The Bertz CT molecular complexity index is 143. The number of ether oxygens (including phenoxy) is 1. The molecule has 0 radical (unpaired) electrons. The highest BCUT2D eigenvalue weighted by atomic mass is 16.6. The molecule has 1 rings (SSSR count). The number of alkyl carbamates (subject to hydrolysis) is 1. The molecule has 0 saturated heterocycles. The van der Waals surface area contributed by atoms with E-state index in [9.17, 15) is 4.79 Å². The fourth-order valence-corrected chi connectivity index (χ4v) is 1.17. The molecule has 0 heterocycles. The van der Waals surface area contributed by atoms with E-state index in [0.29, 0.717) is 12.5 Å². The molecule has 0 spiro atoms. The zero-order chi connectivity index (χ0) is 8.27. The van der Waals surface area contributed by atoms with Crippen molar-refractivity contribution in [1.82, 2.24) is 5.32 Å². The number of nitrogens with one attached hydrogen (secondary N) is 1. The number of carbonyl (C=O) groups is 1. The van der Waals surface area contributed by atoms with Crippen molar-refractivity contribution in [1.29, 1.82) is 0 Å². The van der Waals surface area contributed by atoms with E-state index in [2.05, 4.69) is 5.32 Å². The molecule has 11 heavy (non-hydrogen) atoms. The molecule has 1 amide bonds. The summed E-state index contributed by atoms with van der Waals surface area (Å²) in [6, 6.07) is 0. The van der Waals surface area contributed by atoms with Crippen LogP contribution in [0.4, 0.5) is 4.79 Å². The first kappa shape index (κ1) is 8.33. The molecule has 0 bridgehead atoms. The lowest BCUT2D eigenvalue weighted by Crippen LogP contribution is -2.39. The maximum atomic E-state index is 10.6. The Morgan fingerprint density at radius 3 is 2.82 bits per heavy atom. The van der Waals surface area contributed by atoms with Gasteiger partial charge in [-0.05, 0) is 25.3 Å². The monoisotopic (exact) mass is 158 g/mol. The molecule has 1 aliphatic carbocycles. The third kappa shape index (κ3) is 2.08. The highest BCUT2D eigenvalue weighted by molar-refractivity contribution is 5.66. The highest BCUT2D eigenvalue weighted by Crippen LogP contribution is 2.28. The second-order valence-corrected chi connectivity index (χ2v) is 2.85. The molecular formula is C7H14N2O2. The van der Waals surface area contributed by atoms with E-state index in [0.717, 1.165) is 12.8 Å². The lowest BCUT2D eigenvalue weighted by Gasteiger charge is -2.33. The van der Waals surface area contributed by atoms with Crippen molar-refractivity contribution in [2.24, 2.45) is 11.7 Å². The molecule has 0 atom stereocenters. The Morgan fingerprint density at radius 1 is 1.73 bits per heavy atom. The lowest BCUT2D eigenvalue weighted by molar-refractivity contribution is 0.0212. The van der Waals surface area contributed by atoms with Crippen LogP contribution < -0.4 is 11.1 Å². The van der Waals surface area contributed by atoms with Gasteiger partial charge in [-0.15, -0.1) is 0 Å². The first-order chi connectivity index (χ1) is 5.26. The summed E-state index contributed by atoms with van der Waals surface area (Å²) in [5.41, 5.74) is 5.40. The number of hydrogen-bond donors (Lipinski definition) is 2. The quantitative estimate of drug-likeness (QED) is 0.598. The topological polar surface area (TPSA) is 64.3 Å².